The fourth-order valence-electron chi connectivity index (χ4n) is 3.03. The van der Waals surface area contributed by atoms with Crippen LogP contribution in [-0.4, -0.2) is 18.4 Å². The molecule has 0 saturated carbocycles. The Morgan fingerprint density at radius 1 is 1.04 bits per heavy atom. The van der Waals surface area contributed by atoms with Crippen molar-refractivity contribution in [3.8, 4) is 5.75 Å². The number of carbonyl (C=O) groups is 2. The summed E-state index contributed by atoms with van der Waals surface area (Å²) in [5.74, 6) is 0.211. The molecule has 0 aliphatic carbocycles. The topological polar surface area (TPSA) is 58.6 Å². The first-order chi connectivity index (χ1) is 13.6. The van der Waals surface area contributed by atoms with E-state index in [-0.39, 0.29) is 18.4 Å². The second kappa shape index (κ2) is 7.74. The molecule has 2 amide bonds. The van der Waals surface area contributed by atoms with Crippen molar-refractivity contribution in [3.63, 3.8) is 0 Å². The molecule has 0 spiro atoms. The van der Waals surface area contributed by atoms with Crippen molar-refractivity contribution >= 4 is 34.8 Å². The van der Waals surface area contributed by atoms with Crippen molar-refractivity contribution in [2.45, 2.75) is 6.54 Å². The zero-order valence-electron chi connectivity index (χ0n) is 14.9. The molecule has 6 heteroatoms. The van der Waals surface area contributed by atoms with Gasteiger partial charge in [0.25, 0.3) is 11.8 Å². The van der Waals surface area contributed by atoms with Crippen LogP contribution in [0, 0.1) is 0 Å². The highest BCUT2D eigenvalue weighted by atomic mass is 35.5. The first kappa shape index (κ1) is 18.1. The first-order valence-electron chi connectivity index (χ1n) is 8.78. The second-order valence-corrected chi connectivity index (χ2v) is 6.83. The minimum Gasteiger partial charge on any atom is -0.481 e. The Kier molecular flexibility index (Phi) is 5.00. The number of hydrogen-bond acceptors (Lipinski definition) is 3. The quantitative estimate of drug-likeness (QED) is 0.710. The number of nitrogens with zero attached hydrogens (tertiary/aromatic N) is 1. The summed E-state index contributed by atoms with van der Waals surface area (Å²) < 4.78 is 5.59. The number of fused-ring (bicyclic) bond motifs is 1. The number of ether oxygens (including phenoxy) is 1. The standard InChI is InChI=1S/C22H17ClN2O3/c23-17-8-6-16(7-9-17)22(27)24-18-10-11-19-20(12-18)28-14-21(26)25(19)13-15-4-2-1-3-5-15/h1-12H,13-14H2,(H,24,27). The second-order valence-electron chi connectivity index (χ2n) is 6.40. The SMILES string of the molecule is O=C(Nc1ccc2c(c1)OCC(=O)N2Cc1ccccc1)c1ccc(Cl)cc1. The summed E-state index contributed by atoms with van der Waals surface area (Å²) >= 11 is 5.86. The lowest BCUT2D eigenvalue weighted by molar-refractivity contribution is -0.121. The number of nitrogens with one attached hydrogen (secondary N) is 1. The van der Waals surface area contributed by atoms with Crippen LogP contribution in [0.5, 0.6) is 5.75 Å². The van der Waals surface area contributed by atoms with Crippen LogP contribution in [0.15, 0.2) is 72.8 Å². The van der Waals surface area contributed by atoms with Gasteiger partial charge in [-0.1, -0.05) is 41.9 Å². The summed E-state index contributed by atoms with van der Waals surface area (Å²) in [7, 11) is 0. The molecule has 3 aromatic rings. The fraction of sp³-hybridized carbons (Fsp3) is 0.0909. The van der Waals surface area contributed by atoms with Gasteiger partial charge in [-0.3, -0.25) is 9.59 Å². The van der Waals surface area contributed by atoms with Crippen molar-refractivity contribution in [2.75, 3.05) is 16.8 Å². The molecule has 1 N–H and O–H groups in total. The van der Waals surface area contributed by atoms with Crippen molar-refractivity contribution in [1.82, 2.24) is 0 Å². The zero-order chi connectivity index (χ0) is 19.5. The number of hydrogen-bond donors (Lipinski definition) is 1. The van der Waals surface area contributed by atoms with E-state index in [1.807, 2.05) is 30.3 Å². The van der Waals surface area contributed by atoms with Gasteiger partial charge >= 0.3 is 0 Å². The number of benzene rings is 3. The van der Waals surface area contributed by atoms with E-state index < -0.39 is 0 Å². The van der Waals surface area contributed by atoms with Crippen LogP contribution in [0.3, 0.4) is 0 Å². The lowest BCUT2D eigenvalue weighted by atomic mass is 10.1. The molecule has 1 aliphatic heterocycles. The molecule has 0 unspecified atom stereocenters. The maximum atomic E-state index is 12.4. The Bertz CT molecular complexity index is 1020. The van der Waals surface area contributed by atoms with E-state index in [1.165, 1.54) is 0 Å². The maximum absolute atomic E-state index is 12.4. The van der Waals surface area contributed by atoms with Gasteiger partial charge in [0, 0.05) is 22.3 Å². The van der Waals surface area contributed by atoms with Crippen LogP contribution in [-0.2, 0) is 11.3 Å². The van der Waals surface area contributed by atoms with E-state index in [2.05, 4.69) is 5.32 Å². The molecule has 1 aliphatic rings. The van der Waals surface area contributed by atoms with Crippen LogP contribution in [0.2, 0.25) is 5.02 Å². The number of amides is 2. The van der Waals surface area contributed by atoms with Gasteiger partial charge in [0.15, 0.2) is 6.61 Å². The predicted octanol–water partition coefficient (Wildman–Crippen LogP) is 4.52. The summed E-state index contributed by atoms with van der Waals surface area (Å²) in [4.78, 5) is 26.4. The van der Waals surface area contributed by atoms with Crippen LogP contribution in [0.1, 0.15) is 15.9 Å². The number of carbonyl (C=O) groups excluding carboxylic acids is 2. The van der Waals surface area contributed by atoms with Gasteiger partial charge in [0.05, 0.1) is 12.2 Å². The van der Waals surface area contributed by atoms with Crippen LogP contribution >= 0.6 is 11.6 Å². The Labute approximate surface area is 167 Å². The number of anilines is 2. The summed E-state index contributed by atoms with van der Waals surface area (Å²) in [6.45, 7) is 0.431. The van der Waals surface area contributed by atoms with Crippen molar-refractivity contribution in [1.29, 1.82) is 0 Å². The van der Waals surface area contributed by atoms with Gasteiger partial charge in [-0.05, 0) is 42.0 Å². The highest BCUT2D eigenvalue weighted by molar-refractivity contribution is 6.30. The lowest BCUT2D eigenvalue weighted by Gasteiger charge is -2.29. The Morgan fingerprint density at radius 3 is 2.54 bits per heavy atom. The fourth-order valence-corrected chi connectivity index (χ4v) is 3.15. The lowest BCUT2D eigenvalue weighted by Crippen LogP contribution is -2.38. The molecule has 4 rings (SSSR count). The molecular formula is C22H17ClN2O3. The first-order valence-corrected chi connectivity index (χ1v) is 9.16. The Balaban J connectivity index is 1.55. The minimum absolute atomic E-state index is 0.0333. The van der Waals surface area contributed by atoms with E-state index in [9.17, 15) is 9.59 Å². The Morgan fingerprint density at radius 2 is 1.79 bits per heavy atom. The molecule has 0 saturated heterocycles. The highest BCUT2D eigenvalue weighted by Gasteiger charge is 2.26. The predicted molar refractivity (Wildman–Crippen MR) is 109 cm³/mol. The monoisotopic (exact) mass is 392 g/mol. The molecular weight excluding hydrogens is 376 g/mol. The molecule has 0 radical (unpaired) electrons. The zero-order valence-corrected chi connectivity index (χ0v) is 15.6. The van der Waals surface area contributed by atoms with Crippen molar-refractivity contribution in [3.05, 3.63) is 88.9 Å². The Hall–Kier alpha value is -3.31. The third-order valence-corrected chi connectivity index (χ3v) is 4.70. The van der Waals surface area contributed by atoms with Gasteiger partial charge in [-0.25, -0.2) is 0 Å². The average Bonchev–Trinajstić information content (AvgIpc) is 2.71. The summed E-state index contributed by atoms with van der Waals surface area (Å²) in [6, 6.07) is 21.7. The number of rotatable bonds is 4. The highest BCUT2D eigenvalue weighted by Crippen LogP contribution is 2.35. The molecule has 0 bridgehead atoms. The van der Waals surface area contributed by atoms with E-state index in [1.54, 1.807) is 47.4 Å². The van der Waals surface area contributed by atoms with E-state index in [4.69, 9.17) is 16.3 Å². The molecule has 5 nitrogen and oxygen atoms in total. The summed E-state index contributed by atoms with van der Waals surface area (Å²) in [5, 5.41) is 3.41. The van der Waals surface area contributed by atoms with Gasteiger partial charge in [0.2, 0.25) is 0 Å². The van der Waals surface area contributed by atoms with Gasteiger partial charge in [-0.2, -0.15) is 0 Å². The molecule has 28 heavy (non-hydrogen) atoms. The largest absolute Gasteiger partial charge is 0.481 e. The molecule has 0 fully saturated rings. The molecule has 0 aromatic heterocycles. The molecule has 0 atom stereocenters. The van der Waals surface area contributed by atoms with E-state index in [0.29, 0.717) is 34.3 Å². The maximum Gasteiger partial charge on any atom is 0.265 e. The van der Waals surface area contributed by atoms with Crippen molar-refractivity contribution < 1.29 is 14.3 Å². The third kappa shape index (κ3) is 3.85. The van der Waals surface area contributed by atoms with Crippen LogP contribution in [0.25, 0.3) is 0 Å². The normalized spacial score (nSPS) is 12.9. The van der Waals surface area contributed by atoms with E-state index in [0.717, 1.165) is 5.56 Å². The van der Waals surface area contributed by atoms with Gasteiger partial charge in [-0.15, -0.1) is 0 Å². The summed E-state index contributed by atoms with van der Waals surface area (Å²) in [5.41, 5.74) is 2.81. The van der Waals surface area contributed by atoms with Crippen LogP contribution in [0.4, 0.5) is 11.4 Å². The summed E-state index contributed by atoms with van der Waals surface area (Å²) in [6.07, 6.45) is 0. The molecule has 140 valence electrons. The number of halogens is 1. The van der Waals surface area contributed by atoms with Gasteiger partial charge < -0.3 is 15.0 Å². The third-order valence-electron chi connectivity index (χ3n) is 4.45. The van der Waals surface area contributed by atoms with E-state index >= 15 is 0 Å². The van der Waals surface area contributed by atoms with Crippen LogP contribution < -0.4 is 15.0 Å². The smallest absolute Gasteiger partial charge is 0.265 e. The van der Waals surface area contributed by atoms with Crippen molar-refractivity contribution in [2.24, 2.45) is 0 Å². The molecule has 3 aromatic carbocycles. The minimum atomic E-state index is -0.246. The van der Waals surface area contributed by atoms with Gasteiger partial charge in [0.1, 0.15) is 5.75 Å². The average molecular weight is 393 g/mol. The molecule has 1 heterocycles.